The van der Waals surface area contributed by atoms with Gasteiger partial charge in [0.2, 0.25) is 0 Å². The van der Waals surface area contributed by atoms with Crippen LogP contribution >= 0.6 is 0 Å². The van der Waals surface area contributed by atoms with E-state index >= 15 is 0 Å². The van der Waals surface area contributed by atoms with Crippen LogP contribution in [0.2, 0.25) is 0 Å². The molecule has 1 atom stereocenters. The molecule has 0 unspecified atom stereocenters. The number of halogens is 3. The van der Waals surface area contributed by atoms with Gasteiger partial charge >= 0.3 is 6.18 Å². The van der Waals surface area contributed by atoms with Crippen molar-refractivity contribution < 1.29 is 18.0 Å². The van der Waals surface area contributed by atoms with Gasteiger partial charge in [-0.05, 0) is 23.6 Å². The van der Waals surface area contributed by atoms with Crippen molar-refractivity contribution in [2.24, 2.45) is 0 Å². The summed E-state index contributed by atoms with van der Waals surface area (Å²) in [6.07, 6.45) is -3.21. The van der Waals surface area contributed by atoms with E-state index in [0.29, 0.717) is 6.42 Å². The second kappa shape index (κ2) is 4.47. The van der Waals surface area contributed by atoms with E-state index in [1.807, 2.05) is 0 Å². The van der Waals surface area contributed by atoms with Gasteiger partial charge in [0.05, 0.1) is 5.56 Å². The average Bonchev–Trinajstić information content (AvgIpc) is 2.17. The highest BCUT2D eigenvalue weighted by Crippen LogP contribution is 2.30. The van der Waals surface area contributed by atoms with E-state index in [1.165, 1.54) is 12.1 Å². The highest BCUT2D eigenvalue weighted by atomic mass is 19.4. The third kappa shape index (κ3) is 3.08. The second-order valence-corrected chi connectivity index (χ2v) is 3.42. The van der Waals surface area contributed by atoms with E-state index < -0.39 is 11.7 Å². The van der Waals surface area contributed by atoms with Crippen molar-refractivity contribution in [2.75, 3.05) is 0 Å². The summed E-state index contributed by atoms with van der Waals surface area (Å²) >= 11 is 0. The number of rotatable bonds is 3. The summed E-state index contributed by atoms with van der Waals surface area (Å²) in [5.41, 5.74) is 0.0830. The normalized spacial score (nSPS) is 13.6. The first kappa shape index (κ1) is 11.8. The zero-order valence-corrected chi connectivity index (χ0v) is 8.21. The summed E-state index contributed by atoms with van der Waals surface area (Å²) in [4.78, 5) is 10.2. The van der Waals surface area contributed by atoms with Crippen LogP contribution in [0.1, 0.15) is 30.4 Å². The van der Waals surface area contributed by atoms with Crippen molar-refractivity contribution >= 4 is 6.29 Å². The van der Waals surface area contributed by atoms with Gasteiger partial charge in [0.15, 0.2) is 0 Å². The number of carbonyl (C=O) groups excluding carboxylic acids is 1. The lowest BCUT2D eigenvalue weighted by Gasteiger charge is -2.10. The monoisotopic (exact) mass is 216 g/mol. The van der Waals surface area contributed by atoms with Gasteiger partial charge in [-0.25, -0.2) is 0 Å². The summed E-state index contributed by atoms with van der Waals surface area (Å²) in [7, 11) is 0. The molecule has 1 nitrogen and oxygen atoms in total. The Morgan fingerprint density at radius 3 is 2.20 bits per heavy atom. The number of alkyl halides is 3. The topological polar surface area (TPSA) is 17.1 Å². The molecule has 82 valence electrons. The van der Waals surface area contributed by atoms with E-state index in [9.17, 15) is 18.0 Å². The molecule has 4 heteroatoms. The molecule has 0 aliphatic rings. The maximum absolute atomic E-state index is 12.2. The fourth-order valence-electron chi connectivity index (χ4n) is 1.28. The van der Waals surface area contributed by atoms with Gasteiger partial charge in [0.1, 0.15) is 6.29 Å². The van der Waals surface area contributed by atoms with E-state index in [2.05, 4.69) is 0 Å². The van der Waals surface area contributed by atoms with Gasteiger partial charge in [-0.2, -0.15) is 13.2 Å². The quantitative estimate of drug-likeness (QED) is 0.708. The Labute approximate surface area is 85.9 Å². The zero-order chi connectivity index (χ0) is 11.5. The summed E-state index contributed by atoms with van der Waals surface area (Å²) in [5.74, 6) is -0.0372. The number of hydrogen-bond donors (Lipinski definition) is 0. The second-order valence-electron chi connectivity index (χ2n) is 3.42. The molecule has 1 aromatic rings. The minimum atomic E-state index is -4.30. The van der Waals surface area contributed by atoms with Crippen LogP contribution in [0, 0.1) is 0 Å². The van der Waals surface area contributed by atoms with Crippen molar-refractivity contribution in [3.05, 3.63) is 35.4 Å². The van der Waals surface area contributed by atoms with Crippen molar-refractivity contribution in [1.82, 2.24) is 0 Å². The highest BCUT2D eigenvalue weighted by Gasteiger charge is 2.30. The Kier molecular flexibility index (Phi) is 3.50. The molecular formula is C11H11F3O. The Morgan fingerprint density at radius 1 is 1.27 bits per heavy atom. The molecule has 0 fully saturated rings. The molecular weight excluding hydrogens is 205 g/mol. The molecule has 0 aliphatic carbocycles. The van der Waals surface area contributed by atoms with Crippen LogP contribution in [0.3, 0.4) is 0 Å². The van der Waals surface area contributed by atoms with Gasteiger partial charge < -0.3 is 4.79 Å². The van der Waals surface area contributed by atoms with Crippen LogP contribution in [0.5, 0.6) is 0 Å². The van der Waals surface area contributed by atoms with E-state index in [0.717, 1.165) is 24.0 Å². The Morgan fingerprint density at radius 2 is 1.80 bits per heavy atom. The summed E-state index contributed by atoms with van der Waals surface area (Å²) in [6.45, 7) is 1.80. The maximum atomic E-state index is 12.2. The molecule has 0 saturated heterocycles. The molecule has 0 aliphatic heterocycles. The van der Waals surface area contributed by atoms with E-state index in [4.69, 9.17) is 0 Å². The number of carbonyl (C=O) groups is 1. The molecule has 15 heavy (non-hydrogen) atoms. The van der Waals surface area contributed by atoms with Crippen molar-refractivity contribution in [3.8, 4) is 0 Å². The molecule has 0 N–H and O–H groups in total. The Bertz CT molecular complexity index is 327. The highest BCUT2D eigenvalue weighted by molar-refractivity contribution is 5.51. The molecule has 0 bridgehead atoms. The zero-order valence-electron chi connectivity index (χ0n) is 8.21. The lowest BCUT2D eigenvalue weighted by molar-refractivity contribution is -0.137. The van der Waals surface area contributed by atoms with Crippen LogP contribution in [0.25, 0.3) is 0 Å². The third-order valence-corrected chi connectivity index (χ3v) is 2.26. The van der Waals surface area contributed by atoms with Gasteiger partial charge in [0.25, 0.3) is 0 Å². The molecule has 0 heterocycles. The maximum Gasteiger partial charge on any atom is 0.416 e. The summed E-state index contributed by atoms with van der Waals surface area (Å²) in [6, 6.07) is 4.90. The number of hydrogen-bond acceptors (Lipinski definition) is 1. The standard InChI is InChI=1S/C11H11F3O/c1-8(6-7-15)9-2-4-10(5-3-9)11(12,13)14/h2-5,7-8H,6H2,1H3/t8-/m1/s1. The van der Waals surface area contributed by atoms with Gasteiger partial charge in [-0.15, -0.1) is 0 Å². The van der Waals surface area contributed by atoms with Crippen LogP contribution < -0.4 is 0 Å². The number of aldehydes is 1. The summed E-state index contributed by atoms with van der Waals surface area (Å²) < 4.78 is 36.6. The third-order valence-electron chi connectivity index (χ3n) is 2.26. The molecule has 0 saturated carbocycles. The van der Waals surface area contributed by atoms with Gasteiger partial charge in [-0.3, -0.25) is 0 Å². The van der Waals surface area contributed by atoms with Gasteiger partial charge in [0, 0.05) is 6.42 Å². The van der Waals surface area contributed by atoms with Crippen molar-refractivity contribution in [1.29, 1.82) is 0 Å². The van der Waals surface area contributed by atoms with Crippen LogP contribution in [-0.4, -0.2) is 6.29 Å². The van der Waals surface area contributed by atoms with E-state index in [1.54, 1.807) is 6.92 Å². The molecule has 0 aromatic heterocycles. The number of benzene rings is 1. The SMILES string of the molecule is C[C@H](CC=O)c1ccc(C(F)(F)F)cc1. The largest absolute Gasteiger partial charge is 0.416 e. The molecule has 1 aromatic carbocycles. The molecule has 1 rings (SSSR count). The minimum Gasteiger partial charge on any atom is -0.303 e. The van der Waals surface area contributed by atoms with Crippen molar-refractivity contribution in [2.45, 2.75) is 25.4 Å². The predicted molar refractivity (Wildman–Crippen MR) is 50.5 cm³/mol. The average molecular weight is 216 g/mol. The predicted octanol–water partition coefficient (Wildman–Crippen LogP) is 3.40. The summed E-state index contributed by atoms with van der Waals surface area (Å²) in [5, 5.41) is 0. The Balaban J connectivity index is 2.85. The fraction of sp³-hybridized carbons (Fsp3) is 0.364. The molecule has 0 amide bonds. The van der Waals surface area contributed by atoms with E-state index in [-0.39, 0.29) is 5.92 Å². The first-order valence-corrected chi connectivity index (χ1v) is 4.56. The molecule has 0 radical (unpaired) electrons. The lowest BCUT2D eigenvalue weighted by Crippen LogP contribution is -2.05. The fourth-order valence-corrected chi connectivity index (χ4v) is 1.28. The molecule has 0 spiro atoms. The van der Waals surface area contributed by atoms with Crippen LogP contribution in [0.15, 0.2) is 24.3 Å². The minimum absolute atomic E-state index is 0.0372. The Hall–Kier alpha value is -1.32. The van der Waals surface area contributed by atoms with Crippen molar-refractivity contribution in [3.63, 3.8) is 0 Å². The van der Waals surface area contributed by atoms with Gasteiger partial charge in [-0.1, -0.05) is 19.1 Å². The lowest BCUT2D eigenvalue weighted by atomic mass is 9.97. The first-order chi connectivity index (χ1) is 6.95. The van der Waals surface area contributed by atoms with Crippen LogP contribution in [0.4, 0.5) is 13.2 Å². The van der Waals surface area contributed by atoms with Crippen LogP contribution in [-0.2, 0) is 11.0 Å². The smallest absolute Gasteiger partial charge is 0.303 e. The first-order valence-electron chi connectivity index (χ1n) is 4.56.